The average Bonchev–Trinajstić information content (AvgIpc) is 2.94. The molecule has 0 saturated carbocycles. The molecule has 0 atom stereocenters. The van der Waals surface area contributed by atoms with Crippen molar-refractivity contribution >= 4 is 34.1 Å². The van der Waals surface area contributed by atoms with Gasteiger partial charge in [0, 0.05) is 22.3 Å². The molecule has 2 heterocycles. The van der Waals surface area contributed by atoms with Crippen molar-refractivity contribution in [2.45, 2.75) is 13.3 Å². The van der Waals surface area contributed by atoms with Gasteiger partial charge in [-0.15, -0.1) is 0 Å². The van der Waals surface area contributed by atoms with E-state index < -0.39 is 0 Å². The normalized spacial score (nSPS) is 10.8. The number of fused-ring (bicyclic) bond motifs is 1. The summed E-state index contributed by atoms with van der Waals surface area (Å²) < 4.78 is 0. The first-order chi connectivity index (χ1) is 10.2. The van der Waals surface area contributed by atoms with E-state index in [4.69, 9.17) is 11.6 Å². The van der Waals surface area contributed by atoms with Crippen molar-refractivity contribution < 1.29 is 4.79 Å². The molecule has 6 heteroatoms. The van der Waals surface area contributed by atoms with Crippen molar-refractivity contribution in [2.75, 3.05) is 5.32 Å². The number of aromatic nitrogens is 3. The highest BCUT2D eigenvalue weighted by molar-refractivity contribution is 6.29. The molecule has 3 rings (SSSR count). The first-order valence-electron chi connectivity index (χ1n) is 6.56. The summed E-state index contributed by atoms with van der Waals surface area (Å²) in [6.07, 6.45) is 2.44. The lowest BCUT2D eigenvalue weighted by Gasteiger charge is -2.07. The van der Waals surface area contributed by atoms with E-state index >= 15 is 0 Å². The maximum absolute atomic E-state index is 12.3. The summed E-state index contributed by atoms with van der Waals surface area (Å²) in [7, 11) is 0. The number of carbonyl (C=O) groups is 1. The molecule has 5 nitrogen and oxygen atoms in total. The van der Waals surface area contributed by atoms with Crippen molar-refractivity contribution in [1.82, 2.24) is 15.2 Å². The number of aromatic amines is 1. The Balaban J connectivity index is 1.86. The lowest BCUT2D eigenvalue weighted by atomic mass is 10.2. The largest absolute Gasteiger partial charge is 0.322 e. The van der Waals surface area contributed by atoms with Crippen LogP contribution in [0.3, 0.4) is 0 Å². The second-order valence-corrected chi connectivity index (χ2v) is 5.04. The monoisotopic (exact) mass is 300 g/mol. The molecule has 0 bridgehead atoms. The number of amides is 1. The molecule has 0 fully saturated rings. The van der Waals surface area contributed by atoms with E-state index in [0.717, 1.165) is 23.0 Å². The van der Waals surface area contributed by atoms with Crippen LogP contribution < -0.4 is 5.32 Å². The van der Waals surface area contributed by atoms with E-state index in [1.54, 1.807) is 18.3 Å². The fraction of sp³-hybridized carbons (Fsp3) is 0.133. The lowest BCUT2D eigenvalue weighted by molar-refractivity contribution is 0.102. The third-order valence-electron chi connectivity index (χ3n) is 3.17. The molecule has 0 aliphatic heterocycles. The van der Waals surface area contributed by atoms with Gasteiger partial charge in [-0.25, -0.2) is 4.98 Å². The number of nitrogens with one attached hydrogen (secondary N) is 2. The maximum atomic E-state index is 12.3. The Hall–Kier alpha value is -2.40. The predicted octanol–water partition coefficient (Wildman–Crippen LogP) is 3.43. The van der Waals surface area contributed by atoms with E-state index in [9.17, 15) is 4.79 Å². The maximum Gasteiger partial charge on any atom is 0.255 e. The van der Waals surface area contributed by atoms with Gasteiger partial charge >= 0.3 is 0 Å². The Morgan fingerprint density at radius 1 is 1.33 bits per heavy atom. The summed E-state index contributed by atoms with van der Waals surface area (Å²) in [4.78, 5) is 16.4. The van der Waals surface area contributed by atoms with Crippen LogP contribution in [-0.2, 0) is 6.42 Å². The molecule has 0 unspecified atom stereocenters. The van der Waals surface area contributed by atoms with Crippen LogP contribution >= 0.6 is 11.6 Å². The summed E-state index contributed by atoms with van der Waals surface area (Å²) in [6.45, 7) is 1.97. The number of benzene rings is 1. The van der Waals surface area contributed by atoms with Gasteiger partial charge in [-0.05, 0) is 36.8 Å². The fourth-order valence-corrected chi connectivity index (χ4v) is 2.31. The van der Waals surface area contributed by atoms with Crippen LogP contribution in [0.5, 0.6) is 0 Å². The van der Waals surface area contributed by atoms with Crippen LogP contribution in [0.2, 0.25) is 5.15 Å². The first kappa shape index (κ1) is 13.6. The molecule has 1 aromatic carbocycles. The summed E-state index contributed by atoms with van der Waals surface area (Å²) in [6, 6.07) is 8.86. The molecule has 106 valence electrons. The number of aryl methyl sites for hydroxylation is 1. The van der Waals surface area contributed by atoms with Crippen LogP contribution in [0.4, 0.5) is 5.69 Å². The van der Waals surface area contributed by atoms with Crippen LogP contribution in [0, 0.1) is 0 Å². The highest BCUT2D eigenvalue weighted by atomic mass is 35.5. The SMILES string of the molecule is CCc1cc(C(=O)Nc2ccc3[nH]ncc3c2)cc(Cl)n1. The number of carbonyl (C=O) groups excluding carboxylic acids is 1. The standard InChI is InChI=1S/C15H13ClN4O/c1-2-11-5-9(7-14(16)18-11)15(21)19-12-3-4-13-10(6-12)8-17-20-13/h3-8H,2H2,1H3,(H,17,20)(H,19,21). The zero-order valence-electron chi connectivity index (χ0n) is 11.4. The van der Waals surface area contributed by atoms with Gasteiger partial charge in [0.1, 0.15) is 5.15 Å². The topological polar surface area (TPSA) is 70.7 Å². The van der Waals surface area contributed by atoms with Gasteiger partial charge in [-0.3, -0.25) is 9.89 Å². The molecule has 2 N–H and O–H groups in total. The summed E-state index contributed by atoms with van der Waals surface area (Å²) in [5.41, 5.74) is 2.92. The molecule has 2 aromatic heterocycles. The molecule has 0 spiro atoms. The van der Waals surface area contributed by atoms with E-state index in [0.29, 0.717) is 16.4 Å². The second-order valence-electron chi connectivity index (χ2n) is 4.65. The average molecular weight is 301 g/mol. The van der Waals surface area contributed by atoms with Gasteiger partial charge < -0.3 is 5.32 Å². The second kappa shape index (κ2) is 5.54. The minimum Gasteiger partial charge on any atom is -0.322 e. The molecular weight excluding hydrogens is 288 g/mol. The Labute approximate surface area is 126 Å². The van der Waals surface area contributed by atoms with E-state index in [1.165, 1.54) is 0 Å². The highest BCUT2D eigenvalue weighted by Gasteiger charge is 2.10. The minimum atomic E-state index is -0.211. The van der Waals surface area contributed by atoms with Crippen molar-refractivity contribution in [3.8, 4) is 0 Å². The number of halogens is 1. The first-order valence-corrected chi connectivity index (χ1v) is 6.94. The third-order valence-corrected chi connectivity index (χ3v) is 3.36. The van der Waals surface area contributed by atoms with Gasteiger partial charge in [0.2, 0.25) is 0 Å². The minimum absolute atomic E-state index is 0.211. The van der Waals surface area contributed by atoms with E-state index in [-0.39, 0.29) is 5.91 Å². The Morgan fingerprint density at radius 2 is 2.19 bits per heavy atom. The van der Waals surface area contributed by atoms with E-state index in [1.807, 2.05) is 25.1 Å². The van der Waals surface area contributed by atoms with Gasteiger partial charge in [0.15, 0.2) is 0 Å². The van der Waals surface area contributed by atoms with Crippen LogP contribution in [0.15, 0.2) is 36.5 Å². The molecule has 3 aromatic rings. The summed E-state index contributed by atoms with van der Waals surface area (Å²) in [5, 5.41) is 10.9. The number of H-pyrrole nitrogens is 1. The smallest absolute Gasteiger partial charge is 0.255 e. The van der Waals surface area contributed by atoms with Gasteiger partial charge in [-0.2, -0.15) is 5.10 Å². The molecule has 21 heavy (non-hydrogen) atoms. The van der Waals surface area contributed by atoms with Crippen molar-refractivity contribution in [3.63, 3.8) is 0 Å². The zero-order valence-corrected chi connectivity index (χ0v) is 12.1. The van der Waals surface area contributed by atoms with Crippen molar-refractivity contribution in [1.29, 1.82) is 0 Å². The van der Waals surface area contributed by atoms with Crippen molar-refractivity contribution in [3.05, 3.63) is 52.9 Å². The fourth-order valence-electron chi connectivity index (χ4n) is 2.09. The number of anilines is 1. The number of hydrogen-bond donors (Lipinski definition) is 2. The lowest BCUT2D eigenvalue weighted by Crippen LogP contribution is -2.12. The summed E-state index contributed by atoms with van der Waals surface area (Å²) >= 11 is 5.94. The molecule has 0 aliphatic carbocycles. The Kier molecular flexibility index (Phi) is 3.58. The highest BCUT2D eigenvalue weighted by Crippen LogP contribution is 2.18. The summed E-state index contributed by atoms with van der Waals surface area (Å²) in [5.74, 6) is -0.211. The van der Waals surface area contributed by atoms with Crippen LogP contribution in [-0.4, -0.2) is 21.1 Å². The molecule has 0 saturated heterocycles. The number of nitrogens with zero attached hydrogens (tertiary/aromatic N) is 2. The molecule has 0 radical (unpaired) electrons. The Morgan fingerprint density at radius 3 is 3.00 bits per heavy atom. The van der Waals surface area contributed by atoms with Gasteiger partial charge in [0.05, 0.1) is 11.7 Å². The predicted molar refractivity (Wildman–Crippen MR) is 82.7 cm³/mol. The molecule has 0 aliphatic rings. The van der Waals surface area contributed by atoms with Crippen LogP contribution in [0.1, 0.15) is 23.0 Å². The zero-order chi connectivity index (χ0) is 14.8. The van der Waals surface area contributed by atoms with E-state index in [2.05, 4.69) is 20.5 Å². The Bertz CT molecular complexity index is 812. The molecule has 1 amide bonds. The van der Waals surface area contributed by atoms with Gasteiger partial charge in [-0.1, -0.05) is 18.5 Å². The van der Waals surface area contributed by atoms with Crippen molar-refractivity contribution in [2.24, 2.45) is 0 Å². The number of rotatable bonds is 3. The van der Waals surface area contributed by atoms with Gasteiger partial charge in [0.25, 0.3) is 5.91 Å². The number of hydrogen-bond acceptors (Lipinski definition) is 3. The van der Waals surface area contributed by atoms with Crippen LogP contribution in [0.25, 0.3) is 10.9 Å². The quantitative estimate of drug-likeness (QED) is 0.728. The third kappa shape index (κ3) is 2.87. The molecular formula is C15H13ClN4O. The number of pyridine rings is 1.